The molecule has 0 amide bonds. The molecule has 0 spiro atoms. The van der Waals surface area contributed by atoms with Crippen molar-refractivity contribution in [1.82, 2.24) is 0 Å². The highest BCUT2D eigenvalue weighted by Crippen LogP contribution is 2.34. The van der Waals surface area contributed by atoms with Crippen LogP contribution in [0.5, 0.6) is 0 Å². The maximum absolute atomic E-state index is 14.1. The number of hydrogen-bond donors (Lipinski definition) is 0. The largest absolute Gasteiger partial charge is 0.359 e. The van der Waals surface area contributed by atoms with Crippen LogP contribution in [0.2, 0.25) is 0 Å². The van der Waals surface area contributed by atoms with Gasteiger partial charge >= 0.3 is 21.8 Å². The van der Waals surface area contributed by atoms with E-state index in [1.54, 1.807) is 0 Å². The SMILES string of the molecule is C=C=C=C=C=C(COCOC)C(C)CC(CC(CC)C(=C=C=C=C=C)COCOC)C(=C=C=C=C=C)CS(=O)(=O)F.C=C=C=C=C=CC(C)CC(C=C=C=C=C=C)CC(C=C=C=C=C=C)CC.CF.O=S=O.[HH].[HH].[HH].[HH].[HH].[HH]. The third-order valence-electron chi connectivity index (χ3n) is 9.13. The molecule has 12 heteroatoms. The molecule has 0 aromatic rings. The van der Waals surface area contributed by atoms with Crippen molar-refractivity contribution in [3.63, 3.8) is 0 Å². The normalized spacial score (nSPS) is 10.8. The molecule has 0 aromatic heterocycles. The van der Waals surface area contributed by atoms with Crippen molar-refractivity contribution in [3.05, 3.63) is 212 Å². The first kappa shape index (κ1) is 71.2. The van der Waals surface area contributed by atoms with Gasteiger partial charge in [0, 0.05) is 39.5 Å². The second-order valence-electron chi connectivity index (χ2n) is 14.3. The first-order valence-electron chi connectivity index (χ1n) is 21.9. The lowest BCUT2D eigenvalue weighted by molar-refractivity contribution is -0.0235. The third-order valence-corrected chi connectivity index (χ3v) is 9.78. The van der Waals surface area contributed by atoms with E-state index in [4.69, 9.17) is 27.4 Å². The van der Waals surface area contributed by atoms with Gasteiger partial charge in [-0.1, -0.05) is 96.5 Å². The Bertz CT molecular complexity index is 2920. The van der Waals surface area contributed by atoms with Crippen LogP contribution in [0.1, 0.15) is 74.8 Å². The summed E-state index contributed by atoms with van der Waals surface area (Å²) in [4.78, 5) is 0. The lowest BCUT2D eigenvalue weighted by Crippen LogP contribution is -2.21. The molecule has 0 aliphatic carbocycles. The van der Waals surface area contributed by atoms with Gasteiger partial charge in [-0.3, -0.25) is 4.39 Å². The summed E-state index contributed by atoms with van der Waals surface area (Å²) in [6, 6.07) is 0. The average molecular weight is 1030 g/mol. The van der Waals surface area contributed by atoms with Crippen molar-refractivity contribution in [2.45, 2.75) is 66.2 Å². The van der Waals surface area contributed by atoms with E-state index in [1.807, 2.05) is 32.1 Å². The molecule has 0 aliphatic heterocycles. The highest BCUT2D eigenvalue weighted by atomic mass is 32.3. The van der Waals surface area contributed by atoms with Gasteiger partial charge in [0.25, 0.3) is 0 Å². The predicted octanol–water partition coefficient (Wildman–Crippen LogP) is 14.0. The molecular weight excluding hydrogens is 951 g/mol. The summed E-state index contributed by atoms with van der Waals surface area (Å²) in [5.41, 5.74) is 66.5. The van der Waals surface area contributed by atoms with E-state index < -0.39 is 33.5 Å². The number of alkyl halides is 1. The standard InChI is InChI=1S/C33H37FO6S.C26H24.CH3F.O2S.6H2/c1-8-12-15-18-30(23-39-26-37-6)28(5)21-33(32(20-17-14-10-3)25-41(34,35)36)22-29(11-4)31(19-16-13-9-2)24-40-27-38-7;1-6-10-13-16-19-24(5)22-26(21-18-15-12-8-3)23-25(9-4)20-17-14-11-7-2;1-2;1-3-2;;;;;;/h28-29,33H,1-3,11,21-27H2,4-7H3;19-21,24-26H,1-3,9,22-23H2,4-5H3;1H3;;6*1H. The van der Waals surface area contributed by atoms with E-state index in [1.165, 1.54) is 14.2 Å². The predicted molar refractivity (Wildman–Crippen MR) is 293 cm³/mol. The van der Waals surface area contributed by atoms with Crippen LogP contribution in [0.25, 0.3) is 0 Å². The van der Waals surface area contributed by atoms with Crippen LogP contribution in [-0.2, 0) is 40.7 Å². The zero-order valence-electron chi connectivity index (χ0n) is 42.6. The summed E-state index contributed by atoms with van der Waals surface area (Å²) in [5, 5.41) is 0. The van der Waals surface area contributed by atoms with Crippen molar-refractivity contribution < 1.29 is 52.6 Å². The van der Waals surface area contributed by atoms with Crippen LogP contribution >= 0.6 is 0 Å². The number of halogens is 2. The molecule has 8 nitrogen and oxygen atoms in total. The molecule has 0 heterocycles. The van der Waals surface area contributed by atoms with E-state index in [0.717, 1.165) is 24.8 Å². The molecule has 0 bridgehead atoms. The molecule has 6 atom stereocenters. The quantitative estimate of drug-likeness (QED) is 0.0365. The van der Waals surface area contributed by atoms with Crippen LogP contribution in [0.3, 0.4) is 0 Å². The Balaban J connectivity index is -0.000000136. The molecule has 0 fully saturated rings. The molecule has 0 N–H and O–H groups in total. The number of allylic oxidation sites excluding steroid dienone is 3. The second kappa shape index (κ2) is 53.0. The lowest BCUT2D eigenvalue weighted by Gasteiger charge is -2.27. The maximum Gasteiger partial charge on any atom is 0.335 e. The van der Waals surface area contributed by atoms with Crippen LogP contribution in [0.15, 0.2) is 212 Å². The molecular formula is C60H76F2O8S2. The van der Waals surface area contributed by atoms with Crippen LogP contribution in [0.4, 0.5) is 8.28 Å². The Morgan fingerprint density at radius 1 is 0.556 bits per heavy atom. The summed E-state index contributed by atoms with van der Waals surface area (Å²) < 4.78 is 84.9. The number of methoxy groups -OCH3 is 2. The molecule has 0 aliphatic rings. The van der Waals surface area contributed by atoms with Crippen molar-refractivity contribution >= 4 is 21.8 Å². The van der Waals surface area contributed by atoms with Crippen molar-refractivity contribution in [2.24, 2.45) is 35.5 Å². The molecule has 0 saturated carbocycles. The molecule has 6 unspecified atom stereocenters. The topological polar surface area (TPSA) is 105 Å². The first-order chi connectivity index (χ1) is 34.8. The highest BCUT2D eigenvalue weighted by Gasteiger charge is 2.28. The zero-order valence-corrected chi connectivity index (χ0v) is 44.2. The summed E-state index contributed by atoms with van der Waals surface area (Å²) in [7, 11) is -1.38. The number of ether oxygens (including phenoxy) is 4. The van der Waals surface area contributed by atoms with Gasteiger partial charge in [-0.05, 0) is 201 Å². The van der Waals surface area contributed by atoms with Gasteiger partial charge in [0.05, 0.1) is 20.4 Å². The highest BCUT2D eigenvalue weighted by molar-refractivity contribution is 7.86. The van der Waals surface area contributed by atoms with Gasteiger partial charge < -0.3 is 18.9 Å². The van der Waals surface area contributed by atoms with Crippen LogP contribution < -0.4 is 0 Å². The molecule has 72 heavy (non-hydrogen) atoms. The van der Waals surface area contributed by atoms with Crippen molar-refractivity contribution in [1.29, 1.82) is 0 Å². The average Bonchev–Trinajstić information content (AvgIpc) is 3.36. The lowest BCUT2D eigenvalue weighted by atomic mass is 9.78. The Kier molecular flexibility index (Phi) is 52.4. The minimum absolute atomic E-state index is 0. The van der Waals surface area contributed by atoms with Gasteiger partial charge in [0.1, 0.15) is 19.3 Å². The monoisotopic (exact) mass is 1030 g/mol. The fourth-order valence-corrected chi connectivity index (χ4v) is 6.73. The van der Waals surface area contributed by atoms with Crippen molar-refractivity contribution in [3.8, 4) is 0 Å². The minimum atomic E-state index is -4.90. The molecule has 0 radical (unpaired) electrons. The van der Waals surface area contributed by atoms with Gasteiger partial charge in [-0.15, -0.1) is 3.89 Å². The van der Waals surface area contributed by atoms with E-state index in [0.29, 0.717) is 49.8 Å². The summed E-state index contributed by atoms with van der Waals surface area (Å²) in [5.74, 6) is -0.711. The van der Waals surface area contributed by atoms with Crippen LogP contribution in [-0.4, -0.2) is 70.8 Å². The smallest absolute Gasteiger partial charge is 0.335 e. The molecule has 390 valence electrons. The van der Waals surface area contributed by atoms with Gasteiger partial charge in [0.2, 0.25) is 0 Å². The fourth-order valence-electron chi connectivity index (χ4n) is 6.05. The van der Waals surface area contributed by atoms with Gasteiger partial charge in [0.15, 0.2) is 0 Å². The summed E-state index contributed by atoms with van der Waals surface area (Å²) >= 11 is -0.750. The first-order valence-corrected chi connectivity index (χ1v) is 24.1. The second-order valence-corrected chi connectivity index (χ2v) is 15.8. The number of hydrogen-bond acceptors (Lipinski definition) is 8. The van der Waals surface area contributed by atoms with E-state index in [9.17, 15) is 16.7 Å². The minimum Gasteiger partial charge on any atom is -0.359 e. The molecule has 0 rings (SSSR count). The summed E-state index contributed by atoms with van der Waals surface area (Å²) in [6.07, 6.45) is 10.4. The van der Waals surface area contributed by atoms with E-state index in [-0.39, 0.29) is 52.8 Å². The van der Waals surface area contributed by atoms with E-state index >= 15 is 0 Å². The Morgan fingerprint density at radius 3 is 1.38 bits per heavy atom. The number of rotatable bonds is 26. The zero-order chi connectivity index (χ0) is 55.1. The van der Waals surface area contributed by atoms with Gasteiger partial charge in [-0.25, -0.2) is 0 Å². The van der Waals surface area contributed by atoms with Gasteiger partial charge in [-0.2, -0.15) is 16.8 Å². The van der Waals surface area contributed by atoms with Crippen molar-refractivity contribution in [2.75, 3.05) is 53.9 Å². The Morgan fingerprint density at radius 2 is 0.958 bits per heavy atom. The molecule has 0 aromatic carbocycles. The Labute approximate surface area is 440 Å². The third kappa shape index (κ3) is 45.1. The Hall–Kier alpha value is -7.37. The van der Waals surface area contributed by atoms with Crippen LogP contribution in [0, 0.1) is 35.5 Å². The molecule has 0 saturated heterocycles. The summed E-state index contributed by atoms with van der Waals surface area (Å²) in [6.45, 7) is 29.4. The maximum atomic E-state index is 14.1. The van der Waals surface area contributed by atoms with E-state index in [2.05, 4.69) is 191 Å². The fraction of sp³-hybridized carbons (Fsp3) is 0.400.